The van der Waals surface area contributed by atoms with Crippen LogP contribution < -0.4 is 0 Å². The number of rotatable bonds is 14. The van der Waals surface area contributed by atoms with Gasteiger partial charge in [0.25, 0.3) is 0 Å². The van der Waals surface area contributed by atoms with Gasteiger partial charge in [0.05, 0.1) is 44.6 Å². The summed E-state index contributed by atoms with van der Waals surface area (Å²) in [4.78, 5) is 20.6. The largest absolute Gasteiger partial charge is 0.507 e. The monoisotopic (exact) mass is 1850 g/mol. The van der Waals surface area contributed by atoms with Crippen LogP contribution in [0, 0.1) is 19.1 Å². The Hall–Kier alpha value is -12.7. The Morgan fingerprint density at radius 2 is 0.609 bits per heavy atom. The van der Waals surface area contributed by atoms with Gasteiger partial charge in [0.1, 0.15) is 23.1 Å². The number of hydrogen-bond donors (Lipinski definition) is 2. The molecule has 18 rings (SSSR count). The maximum absolute atomic E-state index is 11.4. The molecule has 0 atom stereocenters. The number of aryl methyl sites for hydroxylation is 1. The van der Waals surface area contributed by atoms with Crippen molar-refractivity contribution >= 4 is 22.1 Å². The minimum atomic E-state index is -0.0570. The molecule has 2 N–H and O–H groups in total. The van der Waals surface area contributed by atoms with Crippen LogP contribution in [-0.4, -0.2) is 39.3 Å². The summed E-state index contributed by atoms with van der Waals surface area (Å²) in [7, 11) is 0. The molecule has 0 bridgehead atoms. The summed E-state index contributed by atoms with van der Waals surface area (Å²) in [5.74, 6) is 1.65. The Labute approximate surface area is 701 Å². The molecule has 18 aromatic rings. The molecular formula is C105H82N6O2Pt2-2. The molecule has 0 aliphatic rings. The second-order valence-electron chi connectivity index (χ2n) is 30.8. The molecule has 0 saturated carbocycles. The van der Waals surface area contributed by atoms with Gasteiger partial charge in [-0.25, -0.2) is 9.97 Å². The molecular weight excluding hydrogens is 1770 g/mol. The van der Waals surface area contributed by atoms with Crippen molar-refractivity contribution in [3.63, 3.8) is 0 Å². The van der Waals surface area contributed by atoms with E-state index in [1.54, 1.807) is 12.1 Å². The summed E-state index contributed by atoms with van der Waals surface area (Å²) in [6, 6.07) is 127. The Bertz CT molecular complexity index is 6530. The molecule has 0 saturated heterocycles. The predicted molar refractivity (Wildman–Crippen MR) is 466 cm³/mol. The SMILES string of the molecule is CC(C)(C)c1ccc(-n2c(-c3ccccc3O)nc3c(-c4[c-]c(-c5cc(-c6ccccc6)ccn5)cc(-c5ccccc5)c4)cccc32)c(-c2ccccc2)c1.Cc1ccc(-c2ccnc(-c3[c-]c(-c4cccc5c4nc(-c4ccccc4O)n5-c4ccc(C(C)(C)C)cc4-c4ccccc4)cc(-c4ccccc4)c3)c2)cc1.[Pt].[Pt]. The van der Waals surface area contributed by atoms with E-state index in [2.05, 4.69) is 331 Å². The van der Waals surface area contributed by atoms with E-state index in [9.17, 15) is 10.2 Å². The fourth-order valence-electron chi connectivity index (χ4n) is 15.1. The number of aromatic nitrogens is 6. The van der Waals surface area contributed by atoms with Crippen LogP contribution in [-0.2, 0) is 53.0 Å². The van der Waals surface area contributed by atoms with E-state index in [4.69, 9.17) is 19.9 Å². The first kappa shape index (κ1) is 77.6. The summed E-state index contributed by atoms with van der Waals surface area (Å²) >= 11 is 0. The van der Waals surface area contributed by atoms with Gasteiger partial charge < -0.3 is 10.2 Å². The van der Waals surface area contributed by atoms with Crippen molar-refractivity contribution in [2.75, 3.05) is 0 Å². The molecule has 0 amide bonds. The van der Waals surface area contributed by atoms with Crippen molar-refractivity contribution in [3.05, 3.63) is 387 Å². The van der Waals surface area contributed by atoms with Crippen molar-refractivity contribution in [1.82, 2.24) is 29.1 Å². The van der Waals surface area contributed by atoms with Gasteiger partial charge in [0.15, 0.2) is 0 Å². The van der Waals surface area contributed by atoms with Gasteiger partial charge in [0.2, 0.25) is 0 Å². The van der Waals surface area contributed by atoms with E-state index >= 15 is 0 Å². The topological polar surface area (TPSA) is 102 Å². The minimum absolute atomic E-state index is 0. The van der Waals surface area contributed by atoms with Crippen LogP contribution in [0.4, 0.5) is 0 Å². The zero-order valence-electron chi connectivity index (χ0n) is 64.8. The zero-order valence-corrected chi connectivity index (χ0v) is 69.3. The van der Waals surface area contributed by atoms with Crippen LogP contribution in [0.15, 0.2) is 358 Å². The molecule has 0 aliphatic heterocycles. The number of nitrogens with zero attached hydrogens (tertiary/aromatic N) is 6. The number of aromatic hydroxyl groups is 2. The molecule has 0 unspecified atom stereocenters. The van der Waals surface area contributed by atoms with Gasteiger partial charge in [-0.2, -0.15) is 0 Å². The molecule has 14 aromatic carbocycles. The fraction of sp³-hybridized carbons (Fsp3) is 0.0857. The molecule has 566 valence electrons. The zero-order chi connectivity index (χ0) is 77.3. The first-order valence-corrected chi connectivity index (χ1v) is 38.3. The Kier molecular flexibility index (Phi) is 22.4. The Morgan fingerprint density at radius 1 is 0.278 bits per heavy atom. The molecule has 115 heavy (non-hydrogen) atoms. The maximum Gasteiger partial charge on any atom is 0.148 e. The summed E-state index contributed by atoms with van der Waals surface area (Å²) in [6.07, 6.45) is 3.75. The Balaban J connectivity index is 0.000000178. The molecule has 8 nitrogen and oxygen atoms in total. The second-order valence-corrected chi connectivity index (χ2v) is 30.8. The summed E-state index contributed by atoms with van der Waals surface area (Å²) in [6.45, 7) is 15.6. The number of benzene rings is 14. The molecule has 0 radical (unpaired) electrons. The van der Waals surface area contributed by atoms with E-state index < -0.39 is 0 Å². The maximum atomic E-state index is 11.4. The molecule has 0 fully saturated rings. The predicted octanol–water partition coefficient (Wildman–Crippen LogP) is 26.8. The fourth-order valence-corrected chi connectivity index (χ4v) is 15.1. The third-order valence-electron chi connectivity index (χ3n) is 21.1. The third-order valence-corrected chi connectivity index (χ3v) is 21.1. The van der Waals surface area contributed by atoms with Gasteiger partial charge in [-0.15, -0.1) is 47.5 Å². The third kappa shape index (κ3) is 16.1. The van der Waals surface area contributed by atoms with E-state index in [0.29, 0.717) is 22.8 Å². The number of imidazole rings is 2. The van der Waals surface area contributed by atoms with Gasteiger partial charge in [-0.05, 0) is 146 Å². The number of fused-ring (bicyclic) bond motifs is 2. The summed E-state index contributed by atoms with van der Waals surface area (Å²) in [5, 5.41) is 22.7. The number of phenols is 2. The van der Waals surface area contributed by atoms with Crippen molar-refractivity contribution in [3.8, 4) is 157 Å². The van der Waals surface area contributed by atoms with Crippen LogP contribution in [0.25, 0.3) is 168 Å². The average Bonchev–Trinajstić information content (AvgIpc) is 1.59. The first-order valence-electron chi connectivity index (χ1n) is 38.3. The van der Waals surface area contributed by atoms with Gasteiger partial charge in [0, 0.05) is 77.0 Å². The van der Waals surface area contributed by atoms with E-state index in [1.165, 1.54) is 16.7 Å². The molecule has 0 spiro atoms. The summed E-state index contributed by atoms with van der Waals surface area (Å²) in [5.41, 5.74) is 30.6. The van der Waals surface area contributed by atoms with Crippen molar-refractivity contribution in [1.29, 1.82) is 0 Å². The smallest absolute Gasteiger partial charge is 0.148 e. The van der Waals surface area contributed by atoms with Gasteiger partial charge >= 0.3 is 0 Å². The van der Waals surface area contributed by atoms with Crippen LogP contribution in [0.1, 0.15) is 58.2 Å². The normalized spacial score (nSPS) is 11.4. The van der Waals surface area contributed by atoms with E-state index in [1.807, 2.05) is 85.2 Å². The second kappa shape index (κ2) is 33.2. The van der Waals surface area contributed by atoms with E-state index in [0.717, 1.165) is 145 Å². The number of phenolic OH excluding ortho intramolecular Hbond substituents is 2. The van der Waals surface area contributed by atoms with Crippen LogP contribution in [0.2, 0.25) is 0 Å². The number of para-hydroxylation sites is 4. The van der Waals surface area contributed by atoms with Gasteiger partial charge in [-0.1, -0.05) is 329 Å². The average molecular weight is 1850 g/mol. The quantitative estimate of drug-likeness (QED) is 0.105. The number of pyridine rings is 2. The van der Waals surface area contributed by atoms with Gasteiger partial charge in [-0.3, -0.25) is 19.1 Å². The standard InChI is InChI=1S/C53H42N3O.C52H40N3O.2Pt/c1-35-22-24-37(25-23-35)39-28-29-54-47(33-39)42-31-40(36-14-7-5-8-15-36)30-41(32-42)44-19-13-20-49-51(44)55-52(45-18-11-12-21-50(45)57)56(49)48-27-26-43(53(2,3)4)34-46(48)38-16-9-6-10-17-38;1-52(2,3)42-26-27-47(45(34-42)37-20-11-6-12-21-37)55-48-24-15-23-43(50(48)54-51(55)44-22-13-14-25-49(44)56)40-30-39(36-18-9-5-10-19-36)31-41(32-40)46-33-38(28-29-53-46)35-16-7-4-8-17-35;;/h5-31,33-34,57H,1-4H3;4-31,33-34,56H,1-3H3;;/q2*-1;;. The summed E-state index contributed by atoms with van der Waals surface area (Å²) < 4.78 is 4.41. The van der Waals surface area contributed by atoms with Crippen LogP contribution in [0.3, 0.4) is 0 Å². The van der Waals surface area contributed by atoms with Crippen LogP contribution >= 0.6 is 0 Å². The van der Waals surface area contributed by atoms with Crippen molar-refractivity contribution < 1.29 is 52.3 Å². The molecule has 4 aromatic heterocycles. The van der Waals surface area contributed by atoms with Crippen molar-refractivity contribution in [2.24, 2.45) is 0 Å². The molecule has 10 heteroatoms. The number of hydrogen-bond acceptors (Lipinski definition) is 6. The first-order chi connectivity index (χ1) is 55.0. The minimum Gasteiger partial charge on any atom is -0.507 e. The molecule has 0 aliphatic carbocycles. The Morgan fingerprint density at radius 3 is 0.983 bits per heavy atom. The van der Waals surface area contributed by atoms with Crippen LogP contribution in [0.5, 0.6) is 11.5 Å². The van der Waals surface area contributed by atoms with E-state index in [-0.39, 0.29) is 64.5 Å². The molecule has 4 heterocycles. The van der Waals surface area contributed by atoms with Crippen molar-refractivity contribution in [2.45, 2.75) is 59.3 Å².